The zero-order chi connectivity index (χ0) is 26.0. The summed E-state index contributed by atoms with van der Waals surface area (Å²) in [7, 11) is 0. The molecule has 188 valence electrons. The fourth-order valence-electron chi connectivity index (χ4n) is 5.33. The van der Waals surface area contributed by atoms with Gasteiger partial charge in [0.15, 0.2) is 0 Å². The van der Waals surface area contributed by atoms with Crippen LogP contribution in [0.2, 0.25) is 0 Å². The SMILES string of the molecule is N#CC1=C(c2cccc(-c3ccccc3)c2)CC2(CCc3cc(OCCCC(F)(F)F)ccc32)NC1=O. The highest BCUT2D eigenvalue weighted by Crippen LogP contribution is 2.47. The second-order valence-corrected chi connectivity index (χ2v) is 9.51. The highest BCUT2D eigenvalue weighted by atomic mass is 19.4. The van der Waals surface area contributed by atoms with Gasteiger partial charge in [-0.05, 0) is 70.9 Å². The number of carbonyl (C=O) groups is 1. The van der Waals surface area contributed by atoms with Crippen molar-refractivity contribution in [2.24, 2.45) is 0 Å². The lowest BCUT2D eigenvalue weighted by atomic mass is 9.78. The van der Waals surface area contributed by atoms with Gasteiger partial charge in [-0.2, -0.15) is 18.4 Å². The van der Waals surface area contributed by atoms with Gasteiger partial charge in [0.05, 0.1) is 12.1 Å². The van der Waals surface area contributed by atoms with E-state index in [0.717, 1.165) is 27.8 Å². The number of hydrogen-bond acceptors (Lipinski definition) is 3. The second-order valence-electron chi connectivity index (χ2n) is 9.51. The van der Waals surface area contributed by atoms with Crippen molar-refractivity contribution in [2.75, 3.05) is 6.61 Å². The van der Waals surface area contributed by atoms with Gasteiger partial charge < -0.3 is 10.1 Å². The molecule has 0 aromatic heterocycles. The highest BCUT2D eigenvalue weighted by Gasteiger charge is 2.45. The fourth-order valence-corrected chi connectivity index (χ4v) is 5.33. The Morgan fingerprint density at radius 2 is 1.73 bits per heavy atom. The number of alkyl halides is 3. The Balaban J connectivity index is 1.42. The number of rotatable bonds is 6. The van der Waals surface area contributed by atoms with Crippen LogP contribution >= 0.6 is 0 Å². The minimum absolute atomic E-state index is 0.0175. The smallest absolute Gasteiger partial charge is 0.389 e. The summed E-state index contributed by atoms with van der Waals surface area (Å²) in [6, 6.07) is 25.4. The molecule has 37 heavy (non-hydrogen) atoms. The summed E-state index contributed by atoms with van der Waals surface area (Å²) in [5, 5.41) is 12.9. The standard InChI is InChI=1S/C30H25F3N2O2/c31-30(32,33)13-5-15-37-24-10-11-27-23(17-24)12-14-29(27)18-25(26(19-34)28(36)35-29)22-9-4-8-21(16-22)20-6-2-1-3-7-20/h1-4,6-11,16-17H,5,12-15,18H2,(H,35,36). The van der Waals surface area contributed by atoms with Crippen LogP contribution in [0.1, 0.15) is 42.4 Å². The van der Waals surface area contributed by atoms with Gasteiger partial charge in [-0.1, -0.05) is 54.6 Å². The minimum atomic E-state index is -4.19. The van der Waals surface area contributed by atoms with E-state index in [9.17, 15) is 23.2 Å². The predicted molar refractivity (Wildman–Crippen MR) is 134 cm³/mol. The molecule has 1 amide bonds. The average Bonchev–Trinajstić information content (AvgIpc) is 3.23. The Kier molecular flexibility index (Phi) is 6.51. The Hall–Kier alpha value is -4.05. The van der Waals surface area contributed by atoms with Crippen LogP contribution in [0.15, 0.2) is 78.4 Å². The van der Waals surface area contributed by atoms with Crippen molar-refractivity contribution < 1.29 is 22.7 Å². The average molecular weight is 503 g/mol. The molecule has 5 rings (SSSR count). The molecule has 1 atom stereocenters. The lowest BCUT2D eigenvalue weighted by molar-refractivity contribution is -0.136. The quantitative estimate of drug-likeness (QED) is 0.381. The Morgan fingerprint density at radius 1 is 0.973 bits per heavy atom. The lowest BCUT2D eigenvalue weighted by Crippen LogP contribution is -2.48. The van der Waals surface area contributed by atoms with Crippen molar-refractivity contribution in [1.29, 1.82) is 5.26 Å². The maximum Gasteiger partial charge on any atom is 0.389 e. The number of benzene rings is 3. The third-order valence-corrected chi connectivity index (χ3v) is 7.08. The van der Waals surface area contributed by atoms with E-state index in [1.807, 2.05) is 66.7 Å². The topological polar surface area (TPSA) is 62.1 Å². The van der Waals surface area contributed by atoms with Crippen LogP contribution in [-0.4, -0.2) is 18.7 Å². The fraction of sp³-hybridized carbons (Fsp3) is 0.267. The van der Waals surface area contributed by atoms with Gasteiger partial charge in [-0.25, -0.2) is 0 Å². The first-order chi connectivity index (χ1) is 17.8. The summed E-state index contributed by atoms with van der Waals surface area (Å²) in [6.45, 7) is -0.0175. The van der Waals surface area contributed by atoms with Crippen LogP contribution in [0, 0.1) is 11.3 Å². The van der Waals surface area contributed by atoms with E-state index >= 15 is 0 Å². The molecule has 1 aliphatic heterocycles. The molecule has 0 fully saturated rings. The van der Waals surface area contributed by atoms with Crippen LogP contribution in [0.3, 0.4) is 0 Å². The summed E-state index contributed by atoms with van der Waals surface area (Å²) in [5.41, 5.74) is 5.01. The predicted octanol–water partition coefficient (Wildman–Crippen LogP) is 6.71. The molecule has 7 heteroatoms. The number of ether oxygens (including phenoxy) is 1. The molecular weight excluding hydrogens is 477 g/mol. The molecule has 1 unspecified atom stereocenters. The summed E-state index contributed by atoms with van der Waals surface area (Å²) >= 11 is 0. The number of nitrogens with zero attached hydrogens (tertiary/aromatic N) is 1. The number of halogens is 3. The van der Waals surface area contributed by atoms with E-state index < -0.39 is 24.0 Å². The van der Waals surface area contributed by atoms with Crippen molar-refractivity contribution in [3.05, 3.63) is 95.1 Å². The van der Waals surface area contributed by atoms with Gasteiger partial charge >= 0.3 is 6.18 Å². The molecule has 1 aliphatic carbocycles. The normalized spacial score (nSPS) is 18.9. The van der Waals surface area contributed by atoms with Crippen LogP contribution in [-0.2, 0) is 16.8 Å². The number of carbonyl (C=O) groups excluding carboxylic acids is 1. The first-order valence-electron chi connectivity index (χ1n) is 12.2. The highest BCUT2D eigenvalue weighted by molar-refractivity contribution is 6.07. The van der Waals surface area contributed by atoms with Crippen molar-refractivity contribution in [1.82, 2.24) is 5.32 Å². The van der Waals surface area contributed by atoms with Gasteiger partial charge in [0.1, 0.15) is 17.4 Å². The molecule has 1 N–H and O–H groups in total. The van der Waals surface area contributed by atoms with Crippen LogP contribution in [0.4, 0.5) is 13.2 Å². The van der Waals surface area contributed by atoms with E-state index in [2.05, 4.69) is 11.4 Å². The van der Waals surface area contributed by atoms with Gasteiger partial charge in [0.2, 0.25) is 0 Å². The van der Waals surface area contributed by atoms with Gasteiger partial charge in [-0.3, -0.25) is 4.79 Å². The van der Waals surface area contributed by atoms with Crippen molar-refractivity contribution >= 4 is 11.5 Å². The van der Waals surface area contributed by atoms with E-state index in [4.69, 9.17) is 4.74 Å². The molecule has 2 aliphatic rings. The van der Waals surface area contributed by atoms with E-state index in [1.165, 1.54) is 0 Å². The van der Waals surface area contributed by atoms with Gasteiger partial charge in [0.25, 0.3) is 5.91 Å². The number of aryl methyl sites for hydroxylation is 1. The van der Waals surface area contributed by atoms with E-state index in [0.29, 0.717) is 30.6 Å². The first-order valence-corrected chi connectivity index (χ1v) is 12.2. The number of nitrogens with one attached hydrogen (secondary N) is 1. The van der Waals surface area contributed by atoms with Crippen molar-refractivity contribution in [3.63, 3.8) is 0 Å². The van der Waals surface area contributed by atoms with Crippen molar-refractivity contribution in [3.8, 4) is 22.9 Å². The Labute approximate surface area is 213 Å². The monoisotopic (exact) mass is 502 g/mol. The summed E-state index contributed by atoms with van der Waals surface area (Å²) in [5.74, 6) is 0.123. The largest absolute Gasteiger partial charge is 0.494 e. The Morgan fingerprint density at radius 3 is 2.49 bits per heavy atom. The molecule has 0 saturated carbocycles. The molecule has 1 spiro atoms. The number of fused-ring (bicyclic) bond motifs is 2. The Bertz CT molecular complexity index is 1410. The third kappa shape index (κ3) is 5.10. The molecular formula is C30H25F3N2O2. The van der Waals surface area contributed by atoms with Crippen LogP contribution in [0.25, 0.3) is 16.7 Å². The second kappa shape index (κ2) is 9.78. The van der Waals surface area contributed by atoms with Gasteiger partial charge in [0, 0.05) is 12.8 Å². The summed E-state index contributed by atoms with van der Waals surface area (Å²) in [4.78, 5) is 13.1. The maximum absolute atomic E-state index is 13.1. The van der Waals surface area contributed by atoms with Gasteiger partial charge in [-0.15, -0.1) is 0 Å². The zero-order valence-electron chi connectivity index (χ0n) is 20.1. The summed E-state index contributed by atoms with van der Waals surface area (Å²) < 4.78 is 42.8. The van der Waals surface area contributed by atoms with E-state index in [-0.39, 0.29) is 18.6 Å². The minimum Gasteiger partial charge on any atom is -0.494 e. The number of amides is 1. The summed E-state index contributed by atoms with van der Waals surface area (Å²) in [6.07, 6.45) is -3.36. The third-order valence-electron chi connectivity index (χ3n) is 7.08. The number of nitriles is 1. The first kappa shape index (κ1) is 24.6. The molecule has 1 heterocycles. The van der Waals surface area contributed by atoms with Crippen molar-refractivity contribution in [2.45, 2.75) is 43.8 Å². The number of hydrogen-bond donors (Lipinski definition) is 1. The maximum atomic E-state index is 13.1. The van der Waals surface area contributed by atoms with E-state index in [1.54, 1.807) is 6.07 Å². The molecule has 0 saturated heterocycles. The molecule has 3 aromatic carbocycles. The van der Waals surface area contributed by atoms with Crippen LogP contribution in [0.5, 0.6) is 5.75 Å². The molecule has 3 aromatic rings. The molecule has 0 radical (unpaired) electrons. The molecule has 0 bridgehead atoms. The zero-order valence-corrected chi connectivity index (χ0v) is 20.1. The van der Waals surface area contributed by atoms with Crippen LogP contribution < -0.4 is 10.1 Å². The molecule has 4 nitrogen and oxygen atoms in total. The lowest BCUT2D eigenvalue weighted by Gasteiger charge is -2.37.